The van der Waals surface area contributed by atoms with Crippen molar-refractivity contribution in [2.75, 3.05) is 0 Å². The summed E-state index contributed by atoms with van der Waals surface area (Å²) in [5.41, 5.74) is 1.77. The van der Waals surface area contributed by atoms with Crippen LogP contribution in [0.2, 0.25) is 5.02 Å². The van der Waals surface area contributed by atoms with Gasteiger partial charge in [0.25, 0.3) is 0 Å². The Kier molecular flexibility index (Phi) is 3.11. The van der Waals surface area contributed by atoms with E-state index in [4.69, 9.17) is 16.7 Å². The molecule has 0 fully saturated rings. The number of fused-ring (bicyclic) bond motifs is 1. The topological polar surface area (TPSA) is 42.2 Å². The van der Waals surface area contributed by atoms with Crippen molar-refractivity contribution in [3.63, 3.8) is 0 Å². The molecule has 4 heteroatoms. The van der Waals surface area contributed by atoms with Crippen LogP contribution < -0.4 is 0 Å². The van der Waals surface area contributed by atoms with Crippen molar-refractivity contribution in [3.8, 4) is 0 Å². The highest BCUT2D eigenvalue weighted by molar-refractivity contribution is 6.35. The van der Waals surface area contributed by atoms with E-state index in [2.05, 4.69) is 0 Å². The Balaban J connectivity index is 2.75. The van der Waals surface area contributed by atoms with Gasteiger partial charge in [0.2, 0.25) is 0 Å². The van der Waals surface area contributed by atoms with Crippen LogP contribution in [-0.2, 0) is 11.3 Å². The molecule has 90 valence electrons. The van der Waals surface area contributed by atoms with Crippen molar-refractivity contribution >= 4 is 28.5 Å². The van der Waals surface area contributed by atoms with Crippen LogP contribution in [0.3, 0.4) is 0 Å². The van der Waals surface area contributed by atoms with Crippen molar-refractivity contribution in [2.45, 2.75) is 26.3 Å². The van der Waals surface area contributed by atoms with E-state index < -0.39 is 11.9 Å². The number of benzene rings is 1. The smallest absolute Gasteiger partial charge is 0.310 e. The first kappa shape index (κ1) is 12.0. The molecule has 2 aromatic rings. The van der Waals surface area contributed by atoms with Gasteiger partial charge in [-0.1, -0.05) is 17.7 Å². The molecular weight excluding hydrogens is 238 g/mol. The molecular formula is C13H14ClNO2. The Morgan fingerprint density at radius 3 is 2.82 bits per heavy atom. The van der Waals surface area contributed by atoms with E-state index in [0.717, 1.165) is 23.0 Å². The lowest BCUT2D eigenvalue weighted by Gasteiger charge is -2.04. The summed E-state index contributed by atoms with van der Waals surface area (Å²) in [7, 11) is 0. The fraction of sp³-hybridized carbons (Fsp3) is 0.308. The van der Waals surface area contributed by atoms with Crippen LogP contribution in [0.1, 0.15) is 25.3 Å². The number of aryl methyl sites for hydroxylation is 1. The number of aliphatic carboxylic acids is 1. The highest BCUT2D eigenvalue weighted by Crippen LogP contribution is 2.33. The highest BCUT2D eigenvalue weighted by Gasteiger charge is 2.20. The van der Waals surface area contributed by atoms with Crippen molar-refractivity contribution < 1.29 is 9.90 Å². The molecule has 1 aromatic carbocycles. The quantitative estimate of drug-likeness (QED) is 0.907. The summed E-state index contributed by atoms with van der Waals surface area (Å²) in [6.45, 7) is 4.50. The monoisotopic (exact) mass is 251 g/mol. The van der Waals surface area contributed by atoms with Gasteiger partial charge in [0.1, 0.15) is 0 Å². The second kappa shape index (κ2) is 4.41. The van der Waals surface area contributed by atoms with Gasteiger partial charge in [-0.25, -0.2) is 0 Å². The summed E-state index contributed by atoms with van der Waals surface area (Å²) in [6, 6.07) is 5.64. The van der Waals surface area contributed by atoms with Gasteiger partial charge >= 0.3 is 5.97 Å². The van der Waals surface area contributed by atoms with Crippen molar-refractivity contribution in [2.24, 2.45) is 0 Å². The first-order chi connectivity index (χ1) is 8.06. The normalized spacial score (nSPS) is 12.9. The Morgan fingerprint density at radius 2 is 2.24 bits per heavy atom. The van der Waals surface area contributed by atoms with E-state index >= 15 is 0 Å². The van der Waals surface area contributed by atoms with Gasteiger partial charge in [0, 0.05) is 23.6 Å². The van der Waals surface area contributed by atoms with Crippen molar-refractivity contribution in [1.82, 2.24) is 4.57 Å². The molecule has 17 heavy (non-hydrogen) atoms. The van der Waals surface area contributed by atoms with Gasteiger partial charge in [-0.2, -0.15) is 0 Å². The number of carbonyl (C=O) groups is 1. The number of nitrogens with zero attached hydrogens (tertiary/aromatic N) is 1. The van der Waals surface area contributed by atoms with Crippen LogP contribution in [0.4, 0.5) is 0 Å². The minimum absolute atomic E-state index is 0.551. The molecule has 0 spiro atoms. The van der Waals surface area contributed by atoms with E-state index in [1.54, 1.807) is 13.0 Å². The lowest BCUT2D eigenvalue weighted by Crippen LogP contribution is -2.06. The molecule has 0 radical (unpaired) electrons. The molecule has 1 aromatic heterocycles. The maximum absolute atomic E-state index is 11.1. The second-order valence-electron chi connectivity index (χ2n) is 4.06. The maximum atomic E-state index is 11.1. The largest absolute Gasteiger partial charge is 0.481 e. The minimum Gasteiger partial charge on any atom is -0.481 e. The summed E-state index contributed by atoms with van der Waals surface area (Å²) in [6.07, 6.45) is 1.88. The van der Waals surface area contributed by atoms with Gasteiger partial charge in [-0.3, -0.25) is 4.79 Å². The Hall–Kier alpha value is -1.48. The molecule has 0 aliphatic carbocycles. The van der Waals surface area contributed by atoms with Gasteiger partial charge in [-0.15, -0.1) is 0 Å². The number of hydrogen-bond donors (Lipinski definition) is 1. The third-order valence-corrected chi connectivity index (χ3v) is 3.38. The zero-order valence-electron chi connectivity index (χ0n) is 9.77. The van der Waals surface area contributed by atoms with Gasteiger partial charge in [-0.05, 0) is 31.5 Å². The average Bonchev–Trinajstić information content (AvgIpc) is 2.68. The van der Waals surface area contributed by atoms with E-state index in [1.807, 2.05) is 29.8 Å². The Bertz CT molecular complexity index is 574. The number of carboxylic acid groups (broad SMARTS) is 1. The molecule has 1 heterocycles. The number of hydrogen-bond acceptors (Lipinski definition) is 1. The molecule has 0 bridgehead atoms. The lowest BCUT2D eigenvalue weighted by atomic mass is 10.0. The second-order valence-corrected chi connectivity index (χ2v) is 4.47. The molecule has 2 rings (SSSR count). The van der Waals surface area contributed by atoms with E-state index in [-0.39, 0.29) is 0 Å². The molecule has 0 amide bonds. The third-order valence-electron chi connectivity index (χ3n) is 3.06. The zero-order valence-corrected chi connectivity index (χ0v) is 10.5. The van der Waals surface area contributed by atoms with Gasteiger partial charge in [0.05, 0.1) is 10.9 Å². The summed E-state index contributed by atoms with van der Waals surface area (Å²) >= 11 is 6.17. The summed E-state index contributed by atoms with van der Waals surface area (Å²) < 4.78 is 2.02. The molecule has 3 nitrogen and oxygen atoms in total. The van der Waals surface area contributed by atoms with E-state index in [0.29, 0.717) is 5.02 Å². The maximum Gasteiger partial charge on any atom is 0.310 e. The number of aromatic nitrogens is 1. The predicted molar refractivity (Wildman–Crippen MR) is 68.7 cm³/mol. The average molecular weight is 252 g/mol. The van der Waals surface area contributed by atoms with Crippen LogP contribution in [0.15, 0.2) is 24.4 Å². The SMILES string of the molecule is CCn1cc(C(C)C(=O)O)c2c(Cl)cccc21. The molecule has 1 atom stereocenters. The van der Waals surface area contributed by atoms with Crippen LogP contribution in [0.25, 0.3) is 10.9 Å². The fourth-order valence-corrected chi connectivity index (χ4v) is 2.34. The molecule has 0 aliphatic heterocycles. The lowest BCUT2D eigenvalue weighted by molar-refractivity contribution is -0.138. The zero-order chi connectivity index (χ0) is 12.6. The first-order valence-corrected chi connectivity index (χ1v) is 5.94. The molecule has 1 N–H and O–H groups in total. The van der Waals surface area contributed by atoms with Crippen LogP contribution in [-0.4, -0.2) is 15.6 Å². The van der Waals surface area contributed by atoms with Gasteiger partial charge < -0.3 is 9.67 Å². The van der Waals surface area contributed by atoms with Gasteiger partial charge in [0.15, 0.2) is 0 Å². The van der Waals surface area contributed by atoms with Crippen LogP contribution in [0, 0.1) is 0 Å². The third kappa shape index (κ3) is 1.91. The number of carboxylic acids is 1. The molecule has 0 saturated heterocycles. The van der Waals surface area contributed by atoms with Crippen molar-refractivity contribution in [1.29, 1.82) is 0 Å². The van der Waals surface area contributed by atoms with E-state index in [9.17, 15) is 4.79 Å². The first-order valence-electron chi connectivity index (χ1n) is 5.56. The van der Waals surface area contributed by atoms with Crippen LogP contribution in [0.5, 0.6) is 0 Å². The molecule has 0 saturated carbocycles. The standard InChI is InChI=1S/C13H14ClNO2/c1-3-15-7-9(8(2)13(16)17)12-10(14)5-4-6-11(12)15/h4-8H,3H2,1-2H3,(H,16,17). The van der Waals surface area contributed by atoms with Crippen LogP contribution >= 0.6 is 11.6 Å². The Labute approximate surface area is 105 Å². The molecule has 1 unspecified atom stereocenters. The number of rotatable bonds is 3. The van der Waals surface area contributed by atoms with E-state index in [1.165, 1.54) is 0 Å². The fourth-order valence-electron chi connectivity index (χ4n) is 2.06. The van der Waals surface area contributed by atoms with Crippen molar-refractivity contribution in [3.05, 3.63) is 35.0 Å². The predicted octanol–water partition coefficient (Wildman–Crippen LogP) is 3.50. The summed E-state index contributed by atoms with van der Waals surface area (Å²) in [5.74, 6) is -1.38. The summed E-state index contributed by atoms with van der Waals surface area (Å²) in [4.78, 5) is 11.1. The Morgan fingerprint density at radius 1 is 1.53 bits per heavy atom. The summed E-state index contributed by atoms with van der Waals surface area (Å²) in [5, 5.41) is 10.6. The molecule has 0 aliphatic rings. The highest BCUT2D eigenvalue weighted by atomic mass is 35.5. The minimum atomic E-state index is -0.833. The number of halogens is 1.